The van der Waals surface area contributed by atoms with Gasteiger partial charge in [-0.3, -0.25) is 4.79 Å². The third-order valence-electron chi connectivity index (χ3n) is 4.96. The van der Waals surface area contributed by atoms with Crippen LogP contribution in [-0.4, -0.2) is 32.3 Å². The van der Waals surface area contributed by atoms with Crippen molar-refractivity contribution in [1.82, 2.24) is 14.6 Å². The maximum absolute atomic E-state index is 13.4. The molecule has 9 heteroatoms. The van der Waals surface area contributed by atoms with E-state index in [0.29, 0.717) is 29.2 Å². The van der Waals surface area contributed by atoms with Crippen LogP contribution in [0.3, 0.4) is 0 Å². The highest BCUT2D eigenvalue weighted by molar-refractivity contribution is 9.10. The zero-order valence-electron chi connectivity index (χ0n) is 15.8. The number of nitrogens with one attached hydrogen (secondary N) is 1. The Balaban J connectivity index is 1.76. The lowest BCUT2D eigenvalue weighted by Gasteiger charge is -2.27. The smallest absolute Gasteiger partial charge is 0.407 e. The van der Waals surface area contributed by atoms with E-state index >= 15 is 0 Å². The molecule has 1 amide bonds. The molecule has 0 aliphatic carbocycles. The first-order chi connectivity index (χ1) is 14.4. The zero-order chi connectivity index (χ0) is 21.3. The molecule has 0 saturated heterocycles. The summed E-state index contributed by atoms with van der Waals surface area (Å²) in [5.74, 6) is -0.0893. The predicted molar refractivity (Wildman–Crippen MR) is 113 cm³/mol. The minimum atomic E-state index is -1.05. The molecule has 0 unspecified atom stereocenters. The van der Waals surface area contributed by atoms with Gasteiger partial charge in [0.2, 0.25) is 0 Å². The largest absolute Gasteiger partial charge is 0.465 e. The lowest BCUT2D eigenvalue weighted by Crippen LogP contribution is -2.42. The van der Waals surface area contributed by atoms with E-state index in [1.54, 1.807) is 12.1 Å². The number of hydrogen-bond donors (Lipinski definition) is 2. The number of amides is 1. The fourth-order valence-electron chi connectivity index (χ4n) is 3.36. The maximum Gasteiger partial charge on any atom is 0.407 e. The Kier molecular flexibility index (Phi) is 5.54. The first kappa shape index (κ1) is 20.1. The van der Waals surface area contributed by atoms with Crippen molar-refractivity contribution in [3.8, 4) is 11.4 Å². The van der Waals surface area contributed by atoms with E-state index in [9.17, 15) is 19.1 Å². The zero-order valence-corrected chi connectivity index (χ0v) is 17.4. The topological polar surface area (TPSA) is 87.5 Å². The molecule has 1 aliphatic rings. The van der Waals surface area contributed by atoms with E-state index in [1.165, 1.54) is 21.7 Å². The Bertz CT molecular complexity index is 1150. The van der Waals surface area contributed by atoms with Crippen LogP contribution in [-0.2, 0) is 19.5 Å². The standard InChI is InChI=1S/C21H18BrFN4O3/c22-15-5-1-13(2-6-15)11-24-27-19(14-3-7-16(23)8-4-14)25-18-12-26(21(29)30)10-9-17(18)20(27)28/h1-8,24H,9-12H2,(H,29,30). The Labute approximate surface area is 179 Å². The van der Waals surface area contributed by atoms with Gasteiger partial charge in [-0.2, -0.15) is 0 Å². The Morgan fingerprint density at radius 2 is 1.87 bits per heavy atom. The molecule has 154 valence electrons. The molecule has 3 aromatic rings. The molecule has 0 atom stereocenters. The molecule has 1 aromatic heterocycles. The Morgan fingerprint density at radius 3 is 2.53 bits per heavy atom. The summed E-state index contributed by atoms with van der Waals surface area (Å²) in [6, 6.07) is 13.3. The molecule has 30 heavy (non-hydrogen) atoms. The van der Waals surface area contributed by atoms with Crippen molar-refractivity contribution < 1.29 is 14.3 Å². The van der Waals surface area contributed by atoms with Gasteiger partial charge in [-0.15, -0.1) is 0 Å². The summed E-state index contributed by atoms with van der Waals surface area (Å²) >= 11 is 3.40. The van der Waals surface area contributed by atoms with Gasteiger partial charge in [0.15, 0.2) is 5.82 Å². The van der Waals surface area contributed by atoms with E-state index in [2.05, 4.69) is 26.3 Å². The second-order valence-corrected chi connectivity index (χ2v) is 7.84. The molecule has 2 N–H and O–H groups in total. The summed E-state index contributed by atoms with van der Waals surface area (Å²) in [6.07, 6.45) is -0.764. The van der Waals surface area contributed by atoms with Crippen LogP contribution in [0.1, 0.15) is 16.8 Å². The molecular formula is C21H18BrFN4O3. The lowest BCUT2D eigenvalue weighted by molar-refractivity contribution is 0.139. The van der Waals surface area contributed by atoms with Crippen LogP contribution in [0, 0.1) is 5.82 Å². The molecule has 0 fully saturated rings. The number of carboxylic acid groups (broad SMARTS) is 1. The van der Waals surface area contributed by atoms with Crippen LogP contribution in [0.15, 0.2) is 57.8 Å². The average molecular weight is 473 g/mol. The van der Waals surface area contributed by atoms with Crippen LogP contribution < -0.4 is 11.0 Å². The van der Waals surface area contributed by atoms with Crippen molar-refractivity contribution in [3.63, 3.8) is 0 Å². The number of hydrogen-bond acceptors (Lipinski definition) is 4. The van der Waals surface area contributed by atoms with Crippen LogP contribution in [0.4, 0.5) is 9.18 Å². The number of rotatable bonds is 4. The minimum Gasteiger partial charge on any atom is -0.465 e. The summed E-state index contributed by atoms with van der Waals surface area (Å²) in [7, 11) is 0. The van der Waals surface area contributed by atoms with E-state index in [-0.39, 0.29) is 25.1 Å². The van der Waals surface area contributed by atoms with Gasteiger partial charge in [0.25, 0.3) is 5.56 Å². The first-order valence-corrected chi connectivity index (χ1v) is 10.1. The summed E-state index contributed by atoms with van der Waals surface area (Å²) in [4.78, 5) is 30.4. The van der Waals surface area contributed by atoms with Gasteiger partial charge < -0.3 is 15.4 Å². The van der Waals surface area contributed by atoms with Crippen molar-refractivity contribution in [2.75, 3.05) is 12.0 Å². The lowest BCUT2D eigenvalue weighted by atomic mass is 10.1. The third kappa shape index (κ3) is 4.06. The minimum absolute atomic E-state index is 0.0433. The van der Waals surface area contributed by atoms with Crippen molar-refractivity contribution in [1.29, 1.82) is 0 Å². The number of nitrogens with zero attached hydrogens (tertiary/aromatic N) is 3. The summed E-state index contributed by atoms with van der Waals surface area (Å²) in [5, 5.41) is 9.29. The third-order valence-corrected chi connectivity index (χ3v) is 5.49. The highest BCUT2D eigenvalue weighted by atomic mass is 79.9. The van der Waals surface area contributed by atoms with E-state index in [4.69, 9.17) is 0 Å². The second-order valence-electron chi connectivity index (χ2n) is 6.92. The fraction of sp³-hybridized carbons (Fsp3) is 0.190. The highest BCUT2D eigenvalue weighted by Crippen LogP contribution is 2.21. The first-order valence-electron chi connectivity index (χ1n) is 9.29. The molecule has 4 rings (SSSR count). The normalized spacial score (nSPS) is 13.1. The fourth-order valence-corrected chi connectivity index (χ4v) is 3.63. The number of halogens is 2. The molecule has 7 nitrogen and oxygen atoms in total. The van der Waals surface area contributed by atoms with Gasteiger partial charge in [0.05, 0.1) is 18.8 Å². The molecule has 0 bridgehead atoms. The SMILES string of the molecule is O=C(O)N1CCc2c(nc(-c3ccc(F)cc3)n(NCc3ccc(Br)cc3)c2=O)C1. The van der Waals surface area contributed by atoms with Gasteiger partial charge in [-0.1, -0.05) is 28.1 Å². The number of fused-ring (bicyclic) bond motifs is 1. The molecular weight excluding hydrogens is 455 g/mol. The van der Waals surface area contributed by atoms with Crippen molar-refractivity contribution >= 4 is 22.0 Å². The summed E-state index contributed by atoms with van der Waals surface area (Å²) in [5.41, 5.74) is 5.27. The number of carbonyl (C=O) groups is 1. The van der Waals surface area contributed by atoms with E-state index in [1.807, 2.05) is 24.3 Å². The van der Waals surface area contributed by atoms with Gasteiger partial charge in [0.1, 0.15) is 5.82 Å². The molecule has 0 radical (unpaired) electrons. The monoisotopic (exact) mass is 472 g/mol. The van der Waals surface area contributed by atoms with Crippen molar-refractivity contribution in [2.24, 2.45) is 0 Å². The molecule has 2 aromatic carbocycles. The van der Waals surface area contributed by atoms with Gasteiger partial charge in [-0.25, -0.2) is 18.8 Å². The average Bonchev–Trinajstić information content (AvgIpc) is 2.74. The number of aromatic nitrogens is 2. The molecule has 2 heterocycles. The van der Waals surface area contributed by atoms with Crippen molar-refractivity contribution in [2.45, 2.75) is 19.5 Å². The number of benzene rings is 2. The van der Waals surface area contributed by atoms with E-state index in [0.717, 1.165) is 10.0 Å². The van der Waals surface area contributed by atoms with Crippen LogP contribution >= 0.6 is 15.9 Å². The van der Waals surface area contributed by atoms with Gasteiger partial charge >= 0.3 is 6.09 Å². The van der Waals surface area contributed by atoms with Gasteiger partial charge in [-0.05, 0) is 48.4 Å². The van der Waals surface area contributed by atoms with Crippen LogP contribution in [0.25, 0.3) is 11.4 Å². The van der Waals surface area contributed by atoms with Crippen molar-refractivity contribution in [3.05, 3.63) is 86.0 Å². The summed E-state index contributed by atoms with van der Waals surface area (Å²) < 4.78 is 15.7. The maximum atomic E-state index is 13.4. The van der Waals surface area contributed by atoms with Crippen LogP contribution in [0.5, 0.6) is 0 Å². The molecule has 0 spiro atoms. The van der Waals surface area contributed by atoms with Crippen LogP contribution in [0.2, 0.25) is 0 Å². The Morgan fingerprint density at radius 1 is 1.17 bits per heavy atom. The predicted octanol–water partition coefficient (Wildman–Crippen LogP) is 3.59. The summed E-state index contributed by atoms with van der Waals surface area (Å²) in [6.45, 7) is 0.659. The molecule has 0 saturated carbocycles. The molecule has 1 aliphatic heterocycles. The highest BCUT2D eigenvalue weighted by Gasteiger charge is 2.26. The second kappa shape index (κ2) is 8.27. The van der Waals surface area contributed by atoms with E-state index < -0.39 is 11.9 Å². The Hall–Kier alpha value is -3.20. The van der Waals surface area contributed by atoms with Gasteiger partial charge in [0, 0.05) is 22.1 Å². The quantitative estimate of drug-likeness (QED) is 0.605.